The summed E-state index contributed by atoms with van der Waals surface area (Å²) in [5, 5.41) is 2.39. The van der Waals surface area contributed by atoms with E-state index in [2.05, 4.69) is 30.3 Å². The van der Waals surface area contributed by atoms with Gasteiger partial charge in [-0.3, -0.25) is 4.79 Å². The maximum absolute atomic E-state index is 11.1. The van der Waals surface area contributed by atoms with Gasteiger partial charge in [-0.2, -0.15) is 0 Å². The van der Waals surface area contributed by atoms with Crippen LogP contribution in [-0.2, 0) is 25.6 Å². The zero-order chi connectivity index (χ0) is 18.2. The molecule has 134 valence electrons. The SMILES string of the molecule is CC(=O)OCC(OCOCc1ccc2ccccc2c1)c1ccccc1. The molecule has 0 aliphatic carbocycles. The van der Waals surface area contributed by atoms with E-state index in [1.54, 1.807) is 0 Å². The van der Waals surface area contributed by atoms with Gasteiger partial charge in [0.25, 0.3) is 0 Å². The van der Waals surface area contributed by atoms with E-state index in [0.29, 0.717) is 6.61 Å². The van der Waals surface area contributed by atoms with Crippen molar-refractivity contribution in [1.29, 1.82) is 0 Å². The summed E-state index contributed by atoms with van der Waals surface area (Å²) in [7, 11) is 0. The molecule has 0 bridgehead atoms. The third-order valence-electron chi connectivity index (χ3n) is 4.04. The van der Waals surface area contributed by atoms with Gasteiger partial charge >= 0.3 is 5.97 Å². The monoisotopic (exact) mass is 350 g/mol. The minimum absolute atomic E-state index is 0.119. The van der Waals surface area contributed by atoms with Crippen molar-refractivity contribution >= 4 is 16.7 Å². The van der Waals surface area contributed by atoms with Crippen LogP contribution in [0.25, 0.3) is 10.8 Å². The summed E-state index contributed by atoms with van der Waals surface area (Å²) in [6.45, 7) is 2.13. The highest BCUT2D eigenvalue weighted by Gasteiger charge is 2.13. The molecular weight excluding hydrogens is 328 g/mol. The molecule has 0 N–H and O–H groups in total. The lowest BCUT2D eigenvalue weighted by atomic mass is 10.1. The molecule has 0 saturated carbocycles. The quantitative estimate of drug-likeness (QED) is 0.337. The largest absolute Gasteiger partial charge is 0.463 e. The highest BCUT2D eigenvalue weighted by atomic mass is 16.7. The van der Waals surface area contributed by atoms with Crippen molar-refractivity contribution in [2.75, 3.05) is 13.4 Å². The van der Waals surface area contributed by atoms with Crippen LogP contribution in [0.5, 0.6) is 0 Å². The number of carbonyl (C=O) groups excluding carboxylic acids is 1. The number of hydrogen-bond donors (Lipinski definition) is 0. The molecule has 1 atom stereocenters. The Labute approximate surface area is 153 Å². The van der Waals surface area contributed by atoms with Crippen LogP contribution in [0.4, 0.5) is 0 Å². The van der Waals surface area contributed by atoms with E-state index in [0.717, 1.165) is 11.1 Å². The number of hydrogen-bond acceptors (Lipinski definition) is 4. The Hall–Kier alpha value is -2.69. The molecule has 0 amide bonds. The Balaban J connectivity index is 1.54. The molecule has 3 rings (SSSR count). The van der Waals surface area contributed by atoms with Gasteiger partial charge in [-0.05, 0) is 28.0 Å². The van der Waals surface area contributed by atoms with Gasteiger partial charge in [-0.25, -0.2) is 0 Å². The van der Waals surface area contributed by atoms with Crippen molar-refractivity contribution in [3.63, 3.8) is 0 Å². The lowest BCUT2D eigenvalue weighted by Gasteiger charge is -2.18. The summed E-state index contributed by atoms with van der Waals surface area (Å²) in [5.41, 5.74) is 2.03. The third kappa shape index (κ3) is 5.15. The average Bonchev–Trinajstić information content (AvgIpc) is 2.68. The maximum atomic E-state index is 11.1. The Kier molecular flexibility index (Phi) is 6.36. The lowest BCUT2D eigenvalue weighted by Crippen LogP contribution is -2.15. The minimum atomic E-state index is -0.350. The smallest absolute Gasteiger partial charge is 0.302 e. The third-order valence-corrected chi connectivity index (χ3v) is 4.04. The average molecular weight is 350 g/mol. The summed E-state index contributed by atoms with van der Waals surface area (Å²) >= 11 is 0. The fourth-order valence-corrected chi connectivity index (χ4v) is 2.72. The van der Waals surface area contributed by atoms with Crippen LogP contribution in [0.3, 0.4) is 0 Å². The van der Waals surface area contributed by atoms with Gasteiger partial charge in [0.1, 0.15) is 19.5 Å². The van der Waals surface area contributed by atoms with Crippen molar-refractivity contribution in [2.45, 2.75) is 19.6 Å². The van der Waals surface area contributed by atoms with Crippen molar-refractivity contribution in [3.8, 4) is 0 Å². The molecule has 0 aliphatic rings. The second-order valence-electron chi connectivity index (χ2n) is 6.02. The van der Waals surface area contributed by atoms with Crippen LogP contribution >= 0.6 is 0 Å². The first-order valence-corrected chi connectivity index (χ1v) is 8.58. The van der Waals surface area contributed by atoms with Crippen LogP contribution in [0, 0.1) is 0 Å². The molecule has 4 heteroatoms. The van der Waals surface area contributed by atoms with Crippen molar-refractivity contribution in [1.82, 2.24) is 0 Å². The normalized spacial score (nSPS) is 12.0. The number of carbonyl (C=O) groups is 1. The zero-order valence-electron chi connectivity index (χ0n) is 14.8. The highest BCUT2D eigenvalue weighted by Crippen LogP contribution is 2.19. The predicted molar refractivity (Wildman–Crippen MR) is 101 cm³/mol. The molecule has 26 heavy (non-hydrogen) atoms. The first kappa shape index (κ1) is 18.1. The Bertz CT molecular complexity index is 845. The van der Waals surface area contributed by atoms with Crippen LogP contribution in [0.1, 0.15) is 24.2 Å². The number of esters is 1. The summed E-state index contributed by atoms with van der Waals surface area (Å²) < 4.78 is 16.6. The topological polar surface area (TPSA) is 44.8 Å². The Morgan fingerprint density at radius 2 is 1.65 bits per heavy atom. The van der Waals surface area contributed by atoms with Gasteiger partial charge in [0, 0.05) is 6.92 Å². The second-order valence-corrected chi connectivity index (χ2v) is 6.02. The maximum Gasteiger partial charge on any atom is 0.302 e. The van der Waals surface area contributed by atoms with Crippen LogP contribution in [0.2, 0.25) is 0 Å². The fraction of sp³-hybridized carbons (Fsp3) is 0.227. The summed E-state index contributed by atoms with van der Waals surface area (Å²) in [4.78, 5) is 11.1. The zero-order valence-corrected chi connectivity index (χ0v) is 14.8. The van der Waals surface area contributed by atoms with E-state index in [9.17, 15) is 4.79 Å². The molecule has 4 nitrogen and oxygen atoms in total. The predicted octanol–water partition coefficient (Wildman–Crippen LogP) is 4.63. The van der Waals surface area contributed by atoms with E-state index in [-0.39, 0.29) is 25.5 Å². The molecule has 0 aromatic heterocycles. The van der Waals surface area contributed by atoms with E-state index in [1.807, 2.05) is 42.5 Å². The van der Waals surface area contributed by atoms with Gasteiger partial charge in [-0.15, -0.1) is 0 Å². The summed E-state index contributed by atoms with van der Waals surface area (Å²) in [5.74, 6) is -0.327. The standard InChI is InChI=1S/C22H22O4/c1-17(23)25-15-22(20-8-3-2-4-9-20)26-16-24-14-18-11-12-19-7-5-6-10-21(19)13-18/h2-13,22H,14-16H2,1H3. The first-order chi connectivity index (χ1) is 12.7. The van der Waals surface area contributed by atoms with Crippen molar-refractivity contribution in [2.24, 2.45) is 0 Å². The van der Waals surface area contributed by atoms with Crippen LogP contribution in [0.15, 0.2) is 72.8 Å². The molecule has 3 aromatic carbocycles. The van der Waals surface area contributed by atoms with Gasteiger partial charge in [0.2, 0.25) is 0 Å². The fourth-order valence-electron chi connectivity index (χ4n) is 2.72. The van der Waals surface area contributed by atoms with Gasteiger partial charge in [0.15, 0.2) is 0 Å². The number of fused-ring (bicyclic) bond motifs is 1. The summed E-state index contributed by atoms with van der Waals surface area (Å²) in [6.07, 6.45) is -0.350. The van der Waals surface area contributed by atoms with Gasteiger partial charge < -0.3 is 14.2 Å². The molecule has 0 aliphatic heterocycles. The molecular formula is C22H22O4. The Morgan fingerprint density at radius 3 is 2.42 bits per heavy atom. The molecule has 3 aromatic rings. The highest BCUT2D eigenvalue weighted by molar-refractivity contribution is 5.82. The van der Waals surface area contributed by atoms with Gasteiger partial charge in [-0.1, -0.05) is 66.7 Å². The van der Waals surface area contributed by atoms with E-state index in [4.69, 9.17) is 14.2 Å². The Morgan fingerprint density at radius 1 is 0.923 bits per heavy atom. The van der Waals surface area contributed by atoms with Crippen molar-refractivity contribution in [3.05, 3.63) is 83.9 Å². The van der Waals surface area contributed by atoms with E-state index < -0.39 is 0 Å². The van der Waals surface area contributed by atoms with Crippen LogP contribution < -0.4 is 0 Å². The molecule has 1 unspecified atom stereocenters. The molecule has 0 radical (unpaired) electrons. The van der Waals surface area contributed by atoms with Crippen LogP contribution in [-0.4, -0.2) is 19.4 Å². The summed E-state index contributed by atoms with van der Waals surface area (Å²) in [6, 6.07) is 24.1. The van der Waals surface area contributed by atoms with E-state index in [1.165, 1.54) is 17.7 Å². The molecule has 0 saturated heterocycles. The van der Waals surface area contributed by atoms with Gasteiger partial charge in [0.05, 0.1) is 6.61 Å². The minimum Gasteiger partial charge on any atom is -0.463 e. The second kappa shape index (κ2) is 9.13. The number of rotatable bonds is 8. The molecule has 0 spiro atoms. The van der Waals surface area contributed by atoms with Crippen molar-refractivity contribution < 1.29 is 19.0 Å². The molecule has 0 fully saturated rings. The van der Waals surface area contributed by atoms with E-state index >= 15 is 0 Å². The first-order valence-electron chi connectivity index (χ1n) is 8.58. The molecule has 0 heterocycles. The lowest BCUT2D eigenvalue weighted by molar-refractivity contribution is -0.152. The number of benzene rings is 3. The number of ether oxygens (including phenoxy) is 3.